The van der Waals surface area contributed by atoms with Crippen molar-refractivity contribution in [2.75, 3.05) is 6.54 Å². The first kappa shape index (κ1) is 19.8. The first-order chi connectivity index (χ1) is 15.8. The number of carbonyl (C=O) groups excluding carboxylic acids is 1. The van der Waals surface area contributed by atoms with Gasteiger partial charge >= 0.3 is 0 Å². The fraction of sp³-hybridized carbons (Fsp3) is 0.115. The van der Waals surface area contributed by atoms with Crippen LogP contribution in [-0.4, -0.2) is 27.2 Å². The van der Waals surface area contributed by atoms with E-state index in [1.165, 1.54) is 5.56 Å². The molecule has 6 nitrogen and oxygen atoms in total. The standard InChI is InChI=1S/C26H22N4O2/c31-26(28-14-13-24-27-15-16-30(24)18-19-7-3-1-4-8-19)21-11-12-23-22(17-21)25(32-29-23)20-9-5-2-6-10-20/h1-12,15-17H,13-14,18H2,(H,28,31). The Morgan fingerprint density at radius 2 is 1.75 bits per heavy atom. The zero-order valence-electron chi connectivity index (χ0n) is 17.4. The summed E-state index contributed by atoms with van der Waals surface area (Å²) in [5, 5.41) is 7.94. The lowest BCUT2D eigenvalue weighted by Crippen LogP contribution is -2.26. The first-order valence-electron chi connectivity index (χ1n) is 10.5. The summed E-state index contributed by atoms with van der Waals surface area (Å²) in [5.74, 6) is 1.47. The predicted molar refractivity (Wildman–Crippen MR) is 123 cm³/mol. The summed E-state index contributed by atoms with van der Waals surface area (Å²) in [4.78, 5) is 17.2. The SMILES string of the molecule is O=C(NCCc1nccn1Cc1ccccc1)c1ccc2noc(-c3ccccc3)c2c1. The van der Waals surface area contributed by atoms with Crippen LogP contribution in [0.5, 0.6) is 0 Å². The molecule has 2 heterocycles. The van der Waals surface area contributed by atoms with Gasteiger partial charge in [-0.25, -0.2) is 4.98 Å². The van der Waals surface area contributed by atoms with E-state index in [0.29, 0.717) is 24.3 Å². The molecule has 0 saturated carbocycles. The second kappa shape index (κ2) is 8.89. The second-order valence-corrected chi connectivity index (χ2v) is 7.57. The molecule has 158 valence electrons. The third-order valence-electron chi connectivity index (χ3n) is 5.41. The molecule has 0 unspecified atom stereocenters. The van der Waals surface area contributed by atoms with Crippen molar-refractivity contribution in [3.63, 3.8) is 0 Å². The number of benzene rings is 3. The predicted octanol–water partition coefficient (Wildman–Crippen LogP) is 4.71. The van der Waals surface area contributed by atoms with Crippen LogP contribution < -0.4 is 5.32 Å². The molecule has 32 heavy (non-hydrogen) atoms. The fourth-order valence-electron chi connectivity index (χ4n) is 3.76. The molecule has 5 rings (SSSR count). The molecule has 0 aliphatic carbocycles. The molecule has 0 atom stereocenters. The van der Waals surface area contributed by atoms with Gasteiger partial charge < -0.3 is 14.4 Å². The summed E-state index contributed by atoms with van der Waals surface area (Å²) in [5.41, 5.74) is 3.44. The molecule has 2 aromatic heterocycles. The Kier molecular flexibility index (Phi) is 5.49. The maximum absolute atomic E-state index is 12.8. The third-order valence-corrected chi connectivity index (χ3v) is 5.41. The summed E-state index contributed by atoms with van der Waals surface area (Å²) >= 11 is 0. The second-order valence-electron chi connectivity index (χ2n) is 7.57. The number of fused-ring (bicyclic) bond motifs is 1. The molecule has 0 radical (unpaired) electrons. The van der Waals surface area contributed by atoms with Gasteiger partial charge in [0.1, 0.15) is 11.3 Å². The number of hydrogen-bond donors (Lipinski definition) is 1. The van der Waals surface area contributed by atoms with E-state index in [1.54, 1.807) is 12.3 Å². The lowest BCUT2D eigenvalue weighted by Gasteiger charge is -2.09. The van der Waals surface area contributed by atoms with Crippen LogP contribution in [0.25, 0.3) is 22.2 Å². The lowest BCUT2D eigenvalue weighted by molar-refractivity contribution is 0.0954. The van der Waals surface area contributed by atoms with E-state index >= 15 is 0 Å². The summed E-state index contributed by atoms with van der Waals surface area (Å²) in [6, 6.07) is 25.4. The van der Waals surface area contributed by atoms with Crippen molar-refractivity contribution >= 4 is 16.8 Å². The average Bonchev–Trinajstić information content (AvgIpc) is 3.46. The minimum Gasteiger partial charge on any atom is -0.355 e. The molecule has 3 aromatic carbocycles. The highest BCUT2D eigenvalue weighted by Gasteiger charge is 2.14. The van der Waals surface area contributed by atoms with Crippen molar-refractivity contribution in [1.82, 2.24) is 20.0 Å². The Morgan fingerprint density at radius 3 is 2.56 bits per heavy atom. The smallest absolute Gasteiger partial charge is 0.251 e. The molecule has 0 spiro atoms. The van der Waals surface area contributed by atoms with Crippen molar-refractivity contribution in [1.29, 1.82) is 0 Å². The number of rotatable bonds is 7. The lowest BCUT2D eigenvalue weighted by atomic mass is 10.1. The van der Waals surface area contributed by atoms with E-state index < -0.39 is 0 Å². The molecule has 0 bridgehead atoms. The minimum absolute atomic E-state index is 0.131. The highest BCUT2D eigenvalue weighted by Crippen LogP contribution is 2.29. The van der Waals surface area contributed by atoms with Gasteiger partial charge in [0.05, 0.1) is 5.39 Å². The highest BCUT2D eigenvalue weighted by molar-refractivity contribution is 6.00. The van der Waals surface area contributed by atoms with Gasteiger partial charge in [-0.05, 0) is 23.8 Å². The maximum atomic E-state index is 12.8. The Labute approximate surface area is 185 Å². The van der Waals surface area contributed by atoms with Gasteiger partial charge in [-0.3, -0.25) is 4.79 Å². The summed E-state index contributed by atoms with van der Waals surface area (Å²) in [6.45, 7) is 1.26. The Hall–Kier alpha value is -4.19. The molecule has 5 aromatic rings. The molecule has 0 saturated heterocycles. The molecular weight excluding hydrogens is 400 g/mol. The average molecular weight is 422 g/mol. The topological polar surface area (TPSA) is 73.0 Å². The molecule has 0 fully saturated rings. The van der Waals surface area contributed by atoms with Crippen LogP contribution in [0.2, 0.25) is 0 Å². The van der Waals surface area contributed by atoms with Gasteiger partial charge in [0.2, 0.25) is 0 Å². The molecule has 6 heteroatoms. The Bertz CT molecular complexity index is 1340. The number of hydrogen-bond acceptors (Lipinski definition) is 4. The molecule has 0 aliphatic heterocycles. The van der Waals surface area contributed by atoms with Gasteiger partial charge in [0.25, 0.3) is 5.91 Å². The third kappa shape index (κ3) is 4.16. The number of amides is 1. The zero-order chi connectivity index (χ0) is 21.8. The van der Waals surface area contributed by atoms with Gasteiger partial charge in [-0.1, -0.05) is 65.8 Å². The monoisotopic (exact) mass is 422 g/mol. The Morgan fingerprint density at radius 1 is 0.969 bits per heavy atom. The quantitative estimate of drug-likeness (QED) is 0.412. The van der Waals surface area contributed by atoms with Crippen molar-refractivity contribution in [2.45, 2.75) is 13.0 Å². The van der Waals surface area contributed by atoms with E-state index in [0.717, 1.165) is 28.8 Å². The highest BCUT2D eigenvalue weighted by atomic mass is 16.5. The van der Waals surface area contributed by atoms with Crippen molar-refractivity contribution in [3.05, 3.63) is 108 Å². The van der Waals surface area contributed by atoms with Gasteiger partial charge in [0, 0.05) is 43.0 Å². The fourth-order valence-corrected chi connectivity index (χ4v) is 3.76. The summed E-state index contributed by atoms with van der Waals surface area (Å²) in [7, 11) is 0. The van der Waals surface area contributed by atoms with Gasteiger partial charge in [0.15, 0.2) is 5.76 Å². The van der Waals surface area contributed by atoms with Crippen LogP contribution in [-0.2, 0) is 13.0 Å². The number of nitrogens with zero attached hydrogens (tertiary/aromatic N) is 3. The van der Waals surface area contributed by atoms with Gasteiger partial charge in [-0.2, -0.15) is 0 Å². The largest absolute Gasteiger partial charge is 0.355 e. The van der Waals surface area contributed by atoms with Crippen LogP contribution in [0.15, 0.2) is 95.8 Å². The van der Waals surface area contributed by atoms with Crippen LogP contribution in [0.3, 0.4) is 0 Å². The van der Waals surface area contributed by atoms with E-state index in [1.807, 2.05) is 66.9 Å². The number of imidazole rings is 1. The summed E-state index contributed by atoms with van der Waals surface area (Å²) in [6.07, 6.45) is 4.41. The first-order valence-corrected chi connectivity index (χ1v) is 10.5. The van der Waals surface area contributed by atoms with Crippen LogP contribution in [0, 0.1) is 0 Å². The van der Waals surface area contributed by atoms with E-state index in [2.05, 4.69) is 32.2 Å². The number of aromatic nitrogens is 3. The van der Waals surface area contributed by atoms with Crippen LogP contribution in [0.1, 0.15) is 21.7 Å². The molecule has 0 aliphatic rings. The number of carbonyl (C=O) groups is 1. The zero-order valence-corrected chi connectivity index (χ0v) is 17.4. The van der Waals surface area contributed by atoms with E-state index in [9.17, 15) is 4.79 Å². The molecule has 1 N–H and O–H groups in total. The number of nitrogens with one attached hydrogen (secondary N) is 1. The van der Waals surface area contributed by atoms with E-state index in [-0.39, 0.29) is 5.91 Å². The Balaban J connectivity index is 1.26. The van der Waals surface area contributed by atoms with Crippen LogP contribution >= 0.6 is 0 Å². The summed E-state index contributed by atoms with van der Waals surface area (Å²) < 4.78 is 7.64. The normalized spacial score (nSPS) is 11.0. The molecular formula is C26H22N4O2. The molecule has 1 amide bonds. The van der Waals surface area contributed by atoms with Crippen LogP contribution in [0.4, 0.5) is 0 Å². The van der Waals surface area contributed by atoms with Crippen molar-refractivity contribution in [3.8, 4) is 11.3 Å². The maximum Gasteiger partial charge on any atom is 0.251 e. The van der Waals surface area contributed by atoms with Crippen molar-refractivity contribution < 1.29 is 9.32 Å². The van der Waals surface area contributed by atoms with E-state index in [4.69, 9.17) is 4.52 Å². The minimum atomic E-state index is -0.131. The van der Waals surface area contributed by atoms with Gasteiger partial charge in [-0.15, -0.1) is 0 Å². The van der Waals surface area contributed by atoms with Crippen molar-refractivity contribution in [2.24, 2.45) is 0 Å².